The average molecular weight is 313 g/mol. The number of carbonyl (C=O) groups excluding carboxylic acids is 1. The molecule has 4 nitrogen and oxygen atoms in total. The number of ether oxygens (including phenoxy) is 2. The third-order valence-electron chi connectivity index (χ3n) is 3.17. The summed E-state index contributed by atoms with van der Waals surface area (Å²) in [5.74, 6) is 1.24. The normalized spacial score (nSPS) is 10.4. The molecule has 0 aromatic heterocycles. The van der Waals surface area contributed by atoms with Crippen molar-refractivity contribution < 1.29 is 14.3 Å². The Balaban J connectivity index is 1.84. The van der Waals surface area contributed by atoms with Gasteiger partial charge in [-0.25, -0.2) is 0 Å². The van der Waals surface area contributed by atoms with Crippen molar-refractivity contribution in [3.05, 3.63) is 59.7 Å². The van der Waals surface area contributed by atoms with E-state index in [0.717, 1.165) is 5.75 Å². The fourth-order valence-corrected chi connectivity index (χ4v) is 2.07. The highest BCUT2D eigenvalue weighted by Gasteiger charge is 2.12. The van der Waals surface area contributed by atoms with Crippen molar-refractivity contribution >= 4 is 5.91 Å². The summed E-state index contributed by atoms with van der Waals surface area (Å²) in [5, 5.41) is 2.85. The fourth-order valence-electron chi connectivity index (χ4n) is 2.07. The minimum atomic E-state index is -0.159. The first-order valence-corrected chi connectivity index (χ1v) is 7.79. The van der Waals surface area contributed by atoms with Crippen LogP contribution in [0.1, 0.15) is 29.8 Å². The average Bonchev–Trinajstić information content (AvgIpc) is 2.53. The maximum absolute atomic E-state index is 12.3. The molecule has 2 aromatic rings. The highest BCUT2D eigenvalue weighted by atomic mass is 16.5. The Bertz CT molecular complexity index is 635. The monoisotopic (exact) mass is 313 g/mol. The quantitative estimate of drug-likeness (QED) is 0.795. The Hall–Kier alpha value is -2.49. The molecule has 0 saturated carbocycles. The van der Waals surface area contributed by atoms with Gasteiger partial charge in [0.1, 0.15) is 18.1 Å². The van der Waals surface area contributed by atoms with Crippen LogP contribution in [0.25, 0.3) is 0 Å². The molecule has 0 aliphatic carbocycles. The maximum atomic E-state index is 12.3. The van der Waals surface area contributed by atoms with Crippen molar-refractivity contribution in [1.82, 2.24) is 5.32 Å². The molecule has 23 heavy (non-hydrogen) atoms. The Labute approximate surface area is 137 Å². The first kappa shape index (κ1) is 16.9. The lowest BCUT2D eigenvalue weighted by Crippen LogP contribution is -2.28. The maximum Gasteiger partial charge on any atom is 0.255 e. The van der Waals surface area contributed by atoms with Crippen molar-refractivity contribution in [3.63, 3.8) is 0 Å². The van der Waals surface area contributed by atoms with Gasteiger partial charge in [-0.15, -0.1) is 0 Å². The number of amides is 1. The molecule has 0 aliphatic rings. The zero-order valence-electron chi connectivity index (χ0n) is 13.8. The summed E-state index contributed by atoms with van der Waals surface area (Å²) in [4.78, 5) is 12.3. The van der Waals surface area contributed by atoms with E-state index in [-0.39, 0.29) is 12.0 Å². The summed E-state index contributed by atoms with van der Waals surface area (Å²) in [6, 6.07) is 15.1. The molecule has 0 unspecified atom stereocenters. The molecule has 0 radical (unpaired) electrons. The van der Waals surface area contributed by atoms with Crippen LogP contribution in [0.2, 0.25) is 0 Å². The second-order valence-electron chi connectivity index (χ2n) is 5.58. The van der Waals surface area contributed by atoms with E-state index in [9.17, 15) is 4.79 Å². The summed E-state index contributed by atoms with van der Waals surface area (Å²) < 4.78 is 11.3. The van der Waals surface area contributed by atoms with E-state index in [1.54, 1.807) is 12.1 Å². The Morgan fingerprint density at radius 1 is 1.09 bits per heavy atom. The highest BCUT2D eigenvalue weighted by molar-refractivity contribution is 5.96. The number of rotatable bonds is 7. The molecule has 1 amide bonds. The largest absolute Gasteiger partial charge is 0.492 e. The lowest BCUT2D eigenvalue weighted by atomic mass is 10.2. The predicted octanol–water partition coefficient (Wildman–Crippen LogP) is 3.59. The van der Waals surface area contributed by atoms with Crippen LogP contribution in [0.15, 0.2) is 48.5 Å². The zero-order valence-corrected chi connectivity index (χ0v) is 13.8. The smallest absolute Gasteiger partial charge is 0.255 e. The van der Waals surface area contributed by atoms with Gasteiger partial charge in [0, 0.05) is 0 Å². The van der Waals surface area contributed by atoms with Crippen molar-refractivity contribution in [2.45, 2.75) is 26.9 Å². The number of benzene rings is 2. The van der Waals surface area contributed by atoms with Crippen LogP contribution >= 0.6 is 0 Å². The van der Waals surface area contributed by atoms with Gasteiger partial charge in [0.25, 0.3) is 5.91 Å². The van der Waals surface area contributed by atoms with E-state index in [1.807, 2.05) is 57.2 Å². The van der Waals surface area contributed by atoms with Gasteiger partial charge in [-0.1, -0.05) is 29.8 Å². The van der Waals surface area contributed by atoms with Gasteiger partial charge in [-0.3, -0.25) is 4.79 Å². The van der Waals surface area contributed by atoms with Crippen molar-refractivity contribution in [2.24, 2.45) is 0 Å². The molecular formula is C19H23NO3. The zero-order chi connectivity index (χ0) is 16.7. The number of aryl methyl sites for hydroxylation is 1. The Kier molecular flexibility index (Phi) is 6.03. The van der Waals surface area contributed by atoms with E-state index in [4.69, 9.17) is 9.47 Å². The molecule has 0 heterocycles. The summed E-state index contributed by atoms with van der Waals surface area (Å²) >= 11 is 0. The van der Waals surface area contributed by atoms with E-state index in [1.165, 1.54) is 5.56 Å². The van der Waals surface area contributed by atoms with Crippen molar-refractivity contribution in [2.75, 3.05) is 13.2 Å². The molecule has 0 saturated heterocycles. The van der Waals surface area contributed by atoms with E-state index in [0.29, 0.717) is 24.5 Å². The molecule has 0 fully saturated rings. The Morgan fingerprint density at radius 3 is 2.48 bits per heavy atom. The summed E-state index contributed by atoms with van der Waals surface area (Å²) in [5.41, 5.74) is 1.73. The second kappa shape index (κ2) is 8.22. The molecule has 2 aromatic carbocycles. The van der Waals surface area contributed by atoms with Crippen LogP contribution in [0.4, 0.5) is 0 Å². The lowest BCUT2D eigenvalue weighted by molar-refractivity contribution is 0.0941. The van der Waals surface area contributed by atoms with Crippen LogP contribution < -0.4 is 14.8 Å². The molecule has 1 N–H and O–H groups in total. The van der Waals surface area contributed by atoms with Gasteiger partial charge in [-0.2, -0.15) is 0 Å². The first-order valence-electron chi connectivity index (χ1n) is 7.79. The number of para-hydroxylation sites is 1. The van der Waals surface area contributed by atoms with Crippen molar-refractivity contribution in [3.8, 4) is 11.5 Å². The van der Waals surface area contributed by atoms with Gasteiger partial charge in [0.05, 0.1) is 18.2 Å². The summed E-state index contributed by atoms with van der Waals surface area (Å²) in [7, 11) is 0. The molecule has 0 aliphatic heterocycles. The number of hydrogen-bond acceptors (Lipinski definition) is 3. The highest BCUT2D eigenvalue weighted by Crippen LogP contribution is 2.19. The topological polar surface area (TPSA) is 47.6 Å². The molecule has 2 rings (SSSR count). The summed E-state index contributed by atoms with van der Waals surface area (Å²) in [6.07, 6.45) is 0.0221. The van der Waals surface area contributed by atoms with Crippen LogP contribution in [-0.4, -0.2) is 25.2 Å². The van der Waals surface area contributed by atoms with E-state index in [2.05, 4.69) is 5.32 Å². The van der Waals surface area contributed by atoms with Crippen molar-refractivity contribution in [1.29, 1.82) is 0 Å². The van der Waals surface area contributed by atoms with Gasteiger partial charge < -0.3 is 14.8 Å². The molecular weight excluding hydrogens is 290 g/mol. The van der Waals surface area contributed by atoms with E-state index < -0.39 is 0 Å². The predicted molar refractivity (Wildman–Crippen MR) is 91.2 cm³/mol. The molecule has 4 heteroatoms. The van der Waals surface area contributed by atoms with Crippen LogP contribution in [0.3, 0.4) is 0 Å². The molecule has 0 spiro atoms. The Morgan fingerprint density at radius 2 is 1.78 bits per heavy atom. The van der Waals surface area contributed by atoms with Gasteiger partial charge in [0.2, 0.25) is 0 Å². The number of carbonyl (C=O) groups is 1. The number of hydrogen-bond donors (Lipinski definition) is 1. The molecule has 122 valence electrons. The molecule has 0 bridgehead atoms. The van der Waals surface area contributed by atoms with Crippen LogP contribution in [0.5, 0.6) is 11.5 Å². The van der Waals surface area contributed by atoms with Gasteiger partial charge in [-0.05, 0) is 45.0 Å². The van der Waals surface area contributed by atoms with Gasteiger partial charge >= 0.3 is 0 Å². The number of nitrogens with one attached hydrogen (secondary N) is 1. The standard InChI is InChI=1S/C19H23NO3/c1-14(2)23-18-7-5-4-6-17(18)19(21)20-12-13-22-16-10-8-15(3)9-11-16/h4-11,14H,12-13H2,1-3H3,(H,20,21). The minimum Gasteiger partial charge on any atom is -0.492 e. The second-order valence-corrected chi connectivity index (χ2v) is 5.58. The fraction of sp³-hybridized carbons (Fsp3) is 0.316. The first-order chi connectivity index (χ1) is 11.1. The van der Waals surface area contributed by atoms with Crippen LogP contribution in [-0.2, 0) is 0 Å². The molecule has 0 atom stereocenters. The third kappa shape index (κ3) is 5.33. The summed E-state index contributed by atoms with van der Waals surface area (Å²) in [6.45, 7) is 6.75. The van der Waals surface area contributed by atoms with Gasteiger partial charge in [0.15, 0.2) is 0 Å². The SMILES string of the molecule is Cc1ccc(OCCNC(=O)c2ccccc2OC(C)C)cc1. The van der Waals surface area contributed by atoms with E-state index >= 15 is 0 Å². The minimum absolute atomic E-state index is 0.0221. The lowest BCUT2D eigenvalue weighted by Gasteiger charge is -2.14. The van der Waals surface area contributed by atoms with Crippen LogP contribution in [0, 0.1) is 6.92 Å². The third-order valence-corrected chi connectivity index (χ3v) is 3.17.